The summed E-state index contributed by atoms with van der Waals surface area (Å²) < 4.78 is 40.8. The number of rotatable bonds is 8. The number of aliphatic hydroxyl groups is 1. The van der Waals surface area contributed by atoms with Gasteiger partial charge in [0.25, 0.3) is 5.91 Å². The van der Waals surface area contributed by atoms with Crippen LogP contribution in [-0.2, 0) is 15.9 Å². The molecule has 1 saturated heterocycles. The Morgan fingerprint density at radius 1 is 1.25 bits per heavy atom. The zero-order chi connectivity index (χ0) is 29.2. The number of methoxy groups -OCH3 is 1. The quantitative estimate of drug-likeness (QED) is 0.300. The standard InChI is InChI=1S/C30H34F2N4O4/c1-17(33)12-19-13-20(14-23(39-4)26(19)34)28(37)35-16-30(10-5-11-40-30)24-15-22(29(2,3)38)25(32)27(36-24)18-6-8-21(31)9-7-18/h6-9,12-15,38H,5,10-11,16,33-34H2,1-4H3,(H,35,37)/b17-12-/t30-/m0/s1. The first-order chi connectivity index (χ1) is 18.8. The van der Waals surface area contributed by atoms with Gasteiger partial charge in [-0.25, -0.2) is 13.8 Å². The molecular formula is C30H34F2N4O4. The van der Waals surface area contributed by atoms with Gasteiger partial charge in [-0.2, -0.15) is 0 Å². The highest BCUT2D eigenvalue weighted by atomic mass is 19.1. The van der Waals surface area contributed by atoms with Crippen LogP contribution in [0.1, 0.15) is 60.8 Å². The number of carbonyl (C=O) groups excluding carboxylic acids is 1. The molecule has 0 aliphatic carbocycles. The van der Waals surface area contributed by atoms with Gasteiger partial charge in [-0.05, 0) is 82.2 Å². The molecule has 212 valence electrons. The smallest absolute Gasteiger partial charge is 0.251 e. The van der Waals surface area contributed by atoms with Gasteiger partial charge < -0.3 is 31.4 Å². The number of nitrogens with two attached hydrogens (primary N) is 2. The highest BCUT2D eigenvalue weighted by molar-refractivity contribution is 5.96. The van der Waals surface area contributed by atoms with Crippen molar-refractivity contribution in [2.24, 2.45) is 5.73 Å². The van der Waals surface area contributed by atoms with Crippen molar-refractivity contribution in [3.05, 3.63) is 82.2 Å². The van der Waals surface area contributed by atoms with Gasteiger partial charge in [0.1, 0.15) is 22.9 Å². The van der Waals surface area contributed by atoms with Gasteiger partial charge in [-0.1, -0.05) is 0 Å². The van der Waals surface area contributed by atoms with Crippen LogP contribution in [0.2, 0.25) is 0 Å². The number of nitrogens with one attached hydrogen (secondary N) is 1. The molecule has 1 aliphatic rings. The number of benzene rings is 2. The van der Waals surface area contributed by atoms with E-state index in [1.165, 1.54) is 57.4 Å². The molecule has 40 heavy (non-hydrogen) atoms. The lowest BCUT2D eigenvalue weighted by Gasteiger charge is -2.31. The number of anilines is 1. The van der Waals surface area contributed by atoms with Crippen LogP contribution in [0.5, 0.6) is 5.75 Å². The number of carbonyl (C=O) groups is 1. The van der Waals surface area contributed by atoms with Crippen molar-refractivity contribution >= 4 is 17.7 Å². The molecule has 0 bridgehead atoms. The third kappa shape index (κ3) is 5.93. The maximum absolute atomic E-state index is 15.7. The fourth-order valence-electron chi connectivity index (χ4n) is 4.77. The Morgan fingerprint density at radius 3 is 2.52 bits per heavy atom. The SMILES string of the molecule is COc1cc(C(=O)NC[C@]2(c3cc(C(C)(C)O)c(F)c(-c4ccc(F)cc4)n3)CCCO2)cc(/C=C(/C)N)c1N. The van der Waals surface area contributed by atoms with Crippen molar-refractivity contribution in [2.45, 2.75) is 44.8 Å². The average Bonchev–Trinajstić information content (AvgIpc) is 3.38. The lowest BCUT2D eigenvalue weighted by atomic mass is 9.89. The molecule has 2 heterocycles. The number of pyridine rings is 1. The van der Waals surface area contributed by atoms with Crippen LogP contribution < -0.4 is 21.5 Å². The zero-order valence-electron chi connectivity index (χ0n) is 23.0. The monoisotopic (exact) mass is 552 g/mol. The second kappa shape index (κ2) is 11.2. The predicted molar refractivity (Wildman–Crippen MR) is 149 cm³/mol. The van der Waals surface area contributed by atoms with E-state index in [0.29, 0.717) is 59.0 Å². The Hall–Kier alpha value is -4.02. The van der Waals surface area contributed by atoms with Crippen LogP contribution in [0.4, 0.5) is 14.5 Å². The van der Waals surface area contributed by atoms with E-state index in [1.54, 1.807) is 19.1 Å². The summed E-state index contributed by atoms with van der Waals surface area (Å²) in [6.07, 6.45) is 2.82. The van der Waals surface area contributed by atoms with Crippen molar-refractivity contribution in [1.29, 1.82) is 0 Å². The molecule has 0 spiro atoms. The highest BCUT2D eigenvalue weighted by Gasteiger charge is 2.41. The van der Waals surface area contributed by atoms with Crippen LogP contribution in [0.25, 0.3) is 17.3 Å². The van der Waals surface area contributed by atoms with Gasteiger partial charge in [0.2, 0.25) is 0 Å². The molecule has 1 fully saturated rings. The van der Waals surface area contributed by atoms with E-state index < -0.39 is 28.7 Å². The van der Waals surface area contributed by atoms with Gasteiger partial charge in [-0.3, -0.25) is 4.79 Å². The van der Waals surface area contributed by atoms with Crippen molar-refractivity contribution < 1.29 is 28.2 Å². The van der Waals surface area contributed by atoms with E-state index in [2.05, 4.69) is 10.3 Å². The minimum atomic E-state index is -1.55. The largest absolute Gasteiger partial charge is 0.495 e. The first-order valence-corrected chi connectivity index (χ1v) is 12.9. The van der Waals surface area contributed by atoms with Gasteiger partial charge in [0.05, 0.1) is 30.6 Å². The molecule has 1 aliphatic heterocycles. The summed E-state index contributed by atoms with van der Waals surface area (Å²) in [5, 5.41) is 13.7. The highest BCUT2D eigenvalue weighted by Crippen LogP contribution is 2.39. The number of halogens is 2. The Balaban J connectivity index is 1.74. The Kier molecular flexibility index (Phi) is 8.13. The number of ether oxygens (including phenoxy) is 2. The summed E-state index contributed by atoms with van der Waals surface area (Å²) in [5.74, 6) is -1.28. The van der Waals surface area contributed by atoms with Crippen molar-refractivity contribution in [3.63, 3.8) is 0 Å². The van der Waals surface area contributed by atoms with Gasteiger partial charge in [-0.15, -0.1) is 0 Å². The van der Waals surface area contributed by atoms with E-state index in [-0.39, 0.29) is 17.8 Å². The first kappa shape index (κ1) is 29.0. The number of hydrogen-bond donors (Lipinski definition) is 4. The summed E-state index contributed by atoms with van der Waals surface area (Å²) in [6.45, 7) is 5.07. The van der Waals surface area contributed by atoms with E-state index in [9.17, 15) is 14.3 Å². The average molecular weight is 553 g/mol. The van der Waals surface area contributed by atoms with E-state index in [1.807, 2.05) is 0 Å². The van der Waals surface area contributed by atoms with Crippen LogP contribution in [0.3, 0.4) is 0 Å². The molecule has 1 amide bonds. The number of nitrogens with zero attached hydrogens (tertiary/aromatic N) is 1. The van der Waals surface area contributed by atoms with Crippen molar-refractivity contribution in [2.75, 3.05) is 26.0 Å². The molecule has 0 saturated carbocycles. The number of allylic oxidation sites excluding steroid dienone is 1. The normalized spacial score (nSPS) is 17.6. The molecule has 3 aromatic rings. The second-order valence-electron chi connectivity index (χ2n) is 10.5. The van der Waals surface area contributed by atoms with Crippen LogP contribution in [0.15, 0.2) is 48.2 Å². The molecule has 2 aromatic carbocycles. The van der Waals surface area contributed by atoms with Gasteiger partial charge in [0, 0.05) is 34.6 Å². The summed E-state index contributed by atoms with van der Waals surface area (Å²) in [7, 11) is 1.46. The molecule has 1 aromatic heterocycles. The second-order valence-corrected chi connectivity index (χ2v) is 10.5. The fourth-order valence-corrected chi connectivity index (χ4v) is 4.77. The van der Waals surface area contributed by atoms with E-state index in [4.69, 9.17) is 20.9 Å². The maximum atomic E-state index is 15.7. The Bertz CT molecular complexity index is 1440. The lowest BCUT2D eigenvalue weighted by Crippen LogP contribution is -2.41. The zero-order valence-corrected chi connectivity index (χ0v) is 23.0. The summed E-state index contributed by atoms with van der Waals surface area (Å²) in [4.78, 5) is 17.9. The van der Waals surface area contributed by atoms with Crippen molar-refractivity contribution in [1.82, 2.24) is 10.3 Å². The van der Waals surface area contributed by atoms with Gasteiger partial charge in [0.15, 0.2) is 5.82 Å². The molecule has 6 N–H and O–H groups in total. The Labute approximate surface area is 232 Å². The fraction of sp³-hybridized carbons (Fsp3) is 0.333. The van der Waals surface area contributed by atoms with Gasteiger partial charge >= 0.3 is 0 Å². The predicted octanol–water partition coefficient (Wildman–Crippen LogP) is 4.60. The number of nitrogen functional groups attached to an aromatic ring is 1. The maximum Gasteiger partial charge on any atom is 0.251 e. The molecule has 0 unspecified atom stereocenters. The summed E-state index contributed by atoms with van der Waals surface area (Å²) in [6, 6.07) is 9.89. The van der Waals surface area contributed by atoms with Crippen LogP contribution >= 0.6 is 0 Å². The minimum Gasteiger partial charge on any atom is -0.495 e. The van der Waals surface area contributed by atoms with E-state index >= 15 is 4.39 Å². The van der Waals surface area contributed by atoms with Crippen LogP contribution in [-0.4, -0.2) is 36.3 Å². The third-order valence-corrected chi connectivity index (χ3v) is 6.88. The molecule has 8 nitrogen and oxygen atoms in total. The lowest BCUT2D eigenvalue weighted by molar-refractivity contribution is -0.00266. The molecule has 1 atom stereocenters. The van der Waals surface area contributed by atoms with E-state index in [0.717, 1.165) is 0 Å². The van der Waals surface area contributed by atoms with Crippen LogP contribution in [0, 0.1) is 11.6 Å². The summed E-state index contributed by atoms with van der Waals surface area (Å²) in [5.41, 5.74) is 11.7. The minimum absolute atomic E-state index is 0.00915. The summed E-state index contributed by atoms with van der Waals surface area (Å²) >= 11 is 0. The molecule has 10 heteroatoms. The number of hydrogen-bond acceptors (Lipinski definition) is 7. The first-order valence-electron chi connectivity index (χ1n) is 12.9. The number of aromatic nitrogens is 1. The number of amides is 1. The molecule has 4 rings (SSSR count). The third-order valence-electron chi connectivity index (χ3n) is 6.88. The molecular weight excluding hydrogens is 518 g/mol. The van der Waals surface area contributed by atoms with Crippen molar-refractivity contribution in [3.8, 4) is 17.0 Å². The Morgan fingerprint density at radius 2 is 1.95 bits per heavy atom. The topological polar surface area (TPSA) is 133 Å². The molecule has 0 radical (unpaired) electrons.